The highest BCUT2D eigenvalue weighted by Crippen LogP contribution is 2.25. The molecule has 0 saturated heterocycles. The molecule has 2 N–H and O–H groups in total. The van der Waals surface area contributed by atoms with E-state index in [1.807, 2.05) is 0 Å². The van der Waals surface area contributed by atoms with Crippen LogP contribution in [0.2, 0.25) is 0 Å². The molecule has 1 fully saturated rings. The van der Waals surface area contributed by atoms with Gasteiger partial charge in [-0.05, 0) is 36.0 Å². The number of H-pyrrole nitrogens is 1. The van der Waals surface area contributed by atoms with Crippen LogP contribution in [0.15, 0.2) is 18.2 Å². The molecule has 0 unspecified atom stereocenters. The van der Waals surface area contributed by atoms with Crippen molar-refractivity contribution in [1.29, 1.82) is 0 Å². The predicted molar refractivity (Wildman–Crippen MR) is 74.7 cm³/mol. The van der Waals surface area contributed by atoms with Crippen molar-refractivity contribution in [3.63, 3.8) is 0 Å². The van der Waals surface area contributed by atoms with Gasteiger partial charge in [-0.25, -0.2) is 4.98 Å². The van der Waals surface area contributed by atoms with Gasteiger partial charge < -0.3 is 10.3 Å². The monoisotopic (exact) mass is 243 g/mol. The number of aromatic amines is 1. The molecule has 18 heavy (non-hydrogen) atoms. The summed E-state index contributed by atoms with van der Waals surface area (Å²) in [5, 5.41) is 3.48. The van der Waals surface area contributed by atoms with Crippen LogP contribution >= 0.6 is 0 Å². The van der Waals surface area contributed by atoms with Gasteiger partial charge in [-0.2, -0.15) is 0 Å². The van der Waals surface area contributed by atoms with Gasteiger partial charge in [-0.15, -0.1) is 0 Å². The number of fused-ring (bicyclic) bond motifs is 1. The lowest BCUT2D eigenvalue weighted by Gasteiger charge is -2.18. The molecule has 1 aliphatic carbocycles. The fourth-order valence-electron chi connectivity index (χ4n) is 2.14. The maximum atomic E-state index is 4.62. The normalized spacial score (nSPS) is 16.4. The molecule has 0 spiro atoms. The molecule has 1 aromatic heterocycles. The lowest BCUT2D eigenvalue weighted by Crippen LogP contribution is -2.16. The summed E-state index contributed by atoms with van der Waals surface area (Å²) in [4.78, 5) is 8.04. The first-order valence-electron chi connectivity index (χ1n) is 6.75. The predicted octanol–water partition coefficient (Wildman–Crippen LogP) is 3.11. The zero-order chi connectivity index (χ0) is 12.8. The molecule has 0 aliphatic heterocycles. The average Bonchev–Trinajstić information content (AvgIpc) is 3.03. The highest BCUT2D eigenvalue weighted by atomic mass is 15.0. The Bertz CT molecular complexity index is 559. The van der Waals surface area contributed by atoms with Gasteiger partial charge in [0.25, 0.3) is 0 Å². The molecule has 0 atom stereocenters. The summed E-state index contributed by atoms with van der Waals surface area (Å²) >= 11 is 0. The third kappa shape index (κ3) is 2.41. The zero-order valence-electron chi connectivity index (χ0n) is 11.4. The van der Waals surface area contributed by atoms with E-state index in [1.54, 1.807) is 0 Å². The van der Waals surface area contributed by atoms with Crippen LogP contribution in [0.3, 0.4) is 0 Å². The summed E-state index contributed by atoms with van der Waals surface area (Å²) in [6, 6.07) is 7.25. The van der Waals surface area contributed by atoms with Crippen LogP contribution < -0.4 is 5.32 Å². The average molecular weight is 243 g/mol. The van der Waals surface area contributed by atoms with Crippen LogP contribution in [0.25, 0.3) is 11.0 Å². The van der Waals surface area contributed by atoms with Crippen molar-refractivity contribution < 1.29 is 0 Å². The molecule has 1 saturated carbocycles. The number of aromatic nitrogens is 2. The molecule has 3 heteroatoms. The van der Waals surface area contributed by atoms with Crippen LogP contribution in [-0.4, -0.2) is 16.0 Å². The Morgan fingerprint density at radius 2 is 2.11 bits per heavy atom. The number of rotatable bonds is 3. The largest absolute Gasteiger partial charge is 0.341 e. The van der Waals surface area contributed by atoms with Crippen molar-refractivity contribution in [2.75, 3.05) is 0 Å². The van der Waals surface area contributed by atoms with Gasteiger partial charge in [0.1, 0.15) is 5.82 Å². The molecule has 1 aliphatic rings. The number of hydrogen-bond donors (Lipinski definition) is 2. The first-order valence-corrected chi connectivity index (χ1v) is 6.75. The summed E-state index contributed by atoms with van der Waals surface area (Å²) in [5.74, 6) is 1.04. The van der Waals surface area contributed by atoms with E-state index in [0.717, 1.165) is 29.4 Å². The van der Waals surface area contributed by atoms with Gasteiger partial charge in [0.15, 0.2) is 0 Å². The first-order chi connectivity index (χ1) is 8.52. The number of nitrogens with one attached hydrogen (secondary N) is 2. The van der Waals surface area contributed by atoms with Gasteiger partial charge >= 0.3 is 0 Å². The highest BCUT2D eigenvalue weighted by Gasteiger charge is 2.20. The van der Waals surface area contributed by atoms with Crippen molar-refractivity contribution in [2.45, 2.75) is 51.6 Å². The Morgan fingerprint density at radius 3 is 2.78 bits per heavy atom. The van der Waals surface area contributed by atoms with Crippen molar-refractivity contribution in [3.05, 3.63) is 29.6 Å². The molecular weight excluding hydrogens is 222 g/mol. The summed E-state index contributed by atoms with van der Waals surface area (Å²) in [6.07, 6.45) is 2.63. The Labute approximate surface area is 108 Å². The Hall–Kier alpha value is -1.35. The fourth-order valence-corrected chi connectivity index (χ4v) is 2.14. The minimum Gasteiger partial charge on any atom is -0.341 e. The smallest absolute Gasteiger partial charge is 0.121 e. The Balaban J connectivity index is 1.86. The van der Waals surface area contributed by atoms with E-state index in [9.17, 15) is 0 Å². The van der Waals surface area contributed by atoms with Crippen LogP contribution in [0.4, 0.5) is 0 Å². The standard InChI is InChI=1S/C15H21N3/c1-15(2,3)10-4-7-12-13(8-10)18-14(17-12)9-16-11-5-6-11/h4,7-8,11,16H,5-6,9H2,1-3H3,(H,17,18). The third-order valence-corrected chi connectivity index (χ3v) is 3.53. The van der Waals surface area contributed by atoms with Crippen LogP contribution in [0.1, 0.15) is 45.0 Å². The summed E-state index contributed by atoms with van der Waals surface area (Å²) < 4.78 is 0. The molecule has 0 amide bonds. The van der Waals surface area contributed by atoms with Gasteiger partial charge in [-0.3, -0.25) is 0 Å². The summed E-state index contributed by atoms with van der Waals surface area (Å²) in [6.45, 7) is 7.56. The van der Waals surface area contributed by atoms with Crippen molar-refractivity contribution in [3.8, 4) is 0 Å². The van der Waals surface area contributed by atoms with E-state index in [2.05, 4.69) is 54.3 Å². The van der Waals surface area contributed by atoms with E-state index in [-0.39, 0.29) is 5.41 Å². The zero-order valence-corrected chi connectivity index (χ0v) is 11.4. The van der Waals surface area contributed by atoms with Gasteiger partial charge in [-0.1, -0.05) is 26.8 Å². The van der Waals surface area contributed by atoms with E-state index in [0.29, 0.717) is 0 Å². The van der Waals surface area contributed by atoms with Crippen molar-refractivity contribution in [2.24, 2.45) is 0 Å². The summed E-state index contributed by atoms with van der Waals surface area (Å²) in [7, 11) is 0. The number of imidazole rings is 1. The molecular formula is C15H21N3. The molecule has 1 aromatic carbocycles. The van der Waals surface area contributed by atoms with Crippen molar-refractivity contribution in [1.82, 2.24) is 15.3 Å². The lowest BCUT2D eigenvalue weighted by atomic mass is 9.87. The van der Waals surface area contributed by atoms with E-state index >= 15 is 0 Å². The highest BCUT2D eigenvalue weighted by molar-refractivity contribution is 5.76. The molecule has 2 aromatic rings. The molecule has 96 valence electrons. The van der Waals surface area contributed by atoms with Crippen molar-refractivity contribution >= 4 is 11.0 Å². The maximum absolute atomic E-state index is 4.62. The topological polar surface area (TPSA) is 40.7 Å². The Morgan fingerprint density at radius 1 is 1.33 bits per heavy atom. The van der Waals surface area contributed by atoms with Gasteiger partial charge in [0.2, 0.25) is 0 Å². The van der Waals surface area contributed by atoms with Gasteiger partial charge in [0, 0.05) is 6.04 Å². The van der Waals surface area contributed by atoms with Crippen LogP contribution in [0.5, 0.6) is 0 Å². The van der Waals surface area contributed by atoms with E-state index in [1.165, 1.54) is 18.4 Å². The Kier molecular flexibility index (Phi) is 2.67. The second-order valence-electron chi connectivity index (χ2n) is 6.32. The quantitative estimate of drug-likeness (QED) is 0.869. The maximum Gasteiger partial charge on any atom is 0.121 e. The van der Waals surface area contributed by atoms with E-state index in [4.69, 9.17) is 0 Å². The summed E-state index contributed by atoms with van der Waals surface area (Å²) in [5.41, 5.74) is 3.75. The minimum atomic E-state index is 0.186. The first kappa shape index (κ1) is 11.7. The second kappa shape index (κ2) is 4.09. The van der Waals surface area contributed by atoms with Gasteiger partial charge in [0.05, 0.1) is 17.6 Å². The molecule has 0 radical (unpaired) electrons. The fraction of sp³-hybridized carbons (Fsp3) is 0.533. The molecule has 3 nitrogen and oxygen atoms in total. The second-order valence-corrected chi connectivity index (χ2v) is 6.32. The van der Waals surface area contributed by atoms with E-state index < -0.39 is 0 Å². The van der Waals surface area contributed by atoms with Crippen LogP contribution in [-0.2, 0) is 12.0 Å². The lowest BCUT2D eigenvalue weighted by molar-refractivity contribution is 0.591. The number of hydrogen-bond acceptors (Lipinski definition) is 2. The third-order valence-electron chi connectivity index (χ3n) is 3.53. The minimum absolute atomic E-state index is 0.186. The molecule has 0 bridgehead atoms. The number of benzene rings is 1. The SMILES string of the molecule is CC(C)(C)c1ccc2nc(CNC3CC3)[nH]c2c1. The number of nitrogens with zero attached hydrogens (tertiary/aromatic N) is 1. The molecule has 1 heterocycles. The molecule has 3 rings (SSSR count). The van der Waals surface area contributed by atoms with Crippen LogP contribution in [0, 0.1) is 0 Å².